The third-order valence-corrected chi connectivity index (χ3v) is 2.81. The van der Waals surface area contributed by atoms with Crippen molar-refractivity contribution >= 4 is 22.4 Å². The standard InChI is InChI=1S/C14H15NO2/c15-12-8-10-4-1-2-6-13(10)11(9-12)5-3-7-14(16)17/h1-2,4,6,8-9H,3,5,7,15H2,(H,16,17). The summed E-state index contributed by atoms with van der Waals surface area (Å²) >= 11 is 0. The van der Waals surface area contributed by atoms with Crippen LogP contribution in [0.5, 0.6) is 0 Å². The SMILES string of the molecule is Nc1cc(CCCC(=O)O)c2ccccc2c1. The van der Waals surface area contributed by atoms with Gasteiger partial charge in [0.1, 0.15) is 0 Å². The summed E-state index contributed by atoms with van der Waals surface area (Å²) in [6.45, 7) is 0. The molecular formula is C14H15NO2. The number of anilines is 1. The highest BCUT2D eigenvalue weighted by atomic mass is 16.4. The van der Waals surface area contributed by atoms with Crippen molar-refractivity contribution in [3.63, 3.8) is 0 Å². The van der Waals surface area contributed by atoms with Gasteiger partial charge < -0.3 is 10.8 Å². The molecule has 0 unspecified atom stereocenters. The minimum absolute atomic E-state index is 0.198. The zero-order chi connectivity index (χ0) is 12.3. The highest BCUT2D eigenvalue weighted by Gasteiger charge is 2.04. The summed E-state index contributed by atoms with van der Waals surface area (Å²) in [5, 5.41) is 10.9. The van der Waals surface area contributed by atoms with Gasteiger partial charge in [-0.1, -0.05) is 24.3 Å². The number of carbonyl (C=O) groups is 1. The Labute approximate surface area is 99.9 Å². The number of benzene rings is 2. The van der Waals surface area contributed by atoms with E-state index >= 15 is 0 Å². The van der Waals surface area contributed by atoms with Gasteiger partial charge in [0.25, 0.3) is 0 Å². The molecule has 0 saturated carbocycles. The van der Waals surface area contributed by atoms with Crippen molar-refractivity contribution in [2.24, 2.45) is 0 Å². The van der Waals surface area contributed by atoms with Crippen molar-refractivity contribution < 1.29 is 9.90 Å². The van der Waals surface area contributed by atoms with Gasteiger partial charge in [-0.2, -0.15) is 0 Å². The number of aryl methyl sites for hydroxylation is 1. The van der Waals surface area contributed by atoms with Crippen molar-refractivity contribution in [2.45, 2.75) is 19.3 Å². The fourth-order valence-electron chi connectivity index (χ4n) is 2.05. The Hall–Kier alpha value is -2.03. The van der Waals surface area contributed by atoms with E-state index in [4.69, 9.17) is 10.8 Å². The van der Waals surface area contributed by atoms with E-state index in [0.29, 0.717) is 6.42 Å². The molecule has 0 aliphatic carbocycles. The van der Waals surface area contributed by atoms with Gasteiger partial charge in [-0.25, -0.2) is 0 Å². The lowest BCUT2D eigenvalue weighted by atomic mass is 9.99. The summed E-state index contributed by atoms with van der Waals surface area (Å²) in [4.78, 5) is 10.5. The lowest BCUT2D eigenvalue weighted by Gasteiger charge is -2.07. The highest BCUT2D eigenvalue weighted by molar-refractivity contribution is 5.88. The number of carboxylic acids is 1. The second kappa shape index (κ2) is 4.87. The number of fused-ring (bicyclic) bond motifs is 1. The van der Waals surface area contributed by atoms with Crippen LogP contribution >= 0.6 is 0 Å². The van der Waals surface area contributed by atoms with Crippen LogP contribution in [0.2, 0.25) is 0 Å². The number of rotatable bonds is 4. The maximum absolute atomic E-state index is 10.5. The Morgan fingerprint density at radius 2 is 2.00 bits per heavy atom. The van der Waals surface area contributed by atoms with Crippen LogP contribution in [-0.2, 0) is 11.2 Å². The van der Waals surface area contributed by atoms with Crippen molar-refractivity contribution in [3.05, 3.63) is 42.0 Å². The maximum Gasteiger partial charge on any atom is 0.303 e. The van der Waals surface area contributed by atoms with Crippen LogP contribution in [0.1, 0.15) is 18.4 Å². The van der Waals surface area contributed by atoms with E-state index in [0.717, 1.165) is 28.4 Å². The zero-order valence-corrected chi connectivity index (χ0v) is 9.52. The van der Waals surface area contributed by atoms with E-state index in [2.05, 4.69) is 0 Å². The first kappa shape index (κ1) is 11.5. The van der Waals surface area contributed by atoms with Gasteiger partial charge in [0.05, 0.1) is 0 Å². The lowest BCUT2D eigenvalue weighted by molar-refractivity contribution is -0.137. The molecule has 88 valence electrons. The quantitative estimate of drug-likeness (QED) is 0.792. The monoisotopic (exact) mass is 229 g/mol. The molecule has 17 heavy (non-hydrogen) atoms. The molecule has 0 atom stereocenters. The van der Waals surface area contributed by atoms with Gasteiger partial charge >= 0.3 is 5.97 Å². The fraction of sp³-hybridized carbons (Fsp3) is 0.214. The first-order valence-corrected chi connectivity index (χ1v) is 5.66. The molecule has 3 N–H and O–H groups in total. The molecule has 2 rings (SSSR count). The Morgan fingerprint density at radius 3 is 2.76 bits per heavy atom. The van der Waals surface area contributed by atoms with Crippen molar-refractivity contribution in [2.75, 3.05) is 5.73 Å². The van der Waals surface area contributed by atoms with E-state index in [-0.39, 0.29) is 6.42 Å². The van der Waals surface area contributed by atoms with E-state index in [1.807, 2.05) is 36.4 Å². The fourth-order valence-corrected chi connectivity index (χ4v) is 2.05. The molecule has 0 aliphatic heterocycles. The Balaban J connectivity index is 2.29. The minimum atomic E-state index is -0.752. The summed E-state index contributed by atoms with van der Waals surface area (Å²) in [6, 6.07) is 11.9. The van der Waals surface area contributed by atoms with Gasteiger partial charge in [0, 0.05) is 12.1 Å². The maximum atomic E-state index is 10.5. The first-order chi connectivity index (χ1) is 8.16. The molecule has 3 nitrogen and oxygen atoms in total. The summed E-state index contributed by atoms with van der Waals surface area (Å²) in [7, 11) is 0. The molecule has 0 saturated heterocycles. The molecule has 0 aliphatic rings. The number of hydrogen-bond donors (Lipinski definition) is 2. The van der Waals surface area contributed by atoms with Crippen LogP contribution in [0.3, 0.4) is 0 Å². The smallest absolute Gasteiger partial charge is 0.303 e. The van der Waals surface area contributed by atoms with Gasteiger partial charge in [-0.05, 0) is 41.3 Å². The molecular weight excluding hydrogens is 214 g/mol. The second-order valence-electron chi connectivity index (χ2n) is 4.15. The Kier molecular flexibility index (Phi) is 3.28. The molecule has 0 aromatic heterocycles. The summed E-state index contributed by atoms with van der Waals surface area (Å²) < 4.78 is 0. The van der Waals surface area contributed by atoms with Gasteiger partial charge in [-0.15, -0.1) is 0 Å². The summed E-state index contributed by atoms with van der Waals surface area (Å²) in [5.41, 5.74) is 7.70. The summed E-state index contributed by atoms with van der Waals surface area (Å²) in [5.74, 6) is -0.752. The lowest BCUT2D eigenvalue weighted by Crippen LogP contribution is -1.97. The minimum Gasteiger partial charge on any atom is -0.481 e. The predicted octanol–water partition coefficient (Wildman–Crippen LogP) is 2.83. The van der Waals surface area contributed by atoms with Gasteiger partial charge in [-0.3, -0.25) is 4.79 Å². The van der Waals surface area contributed by atoms with Gasteiger partial charge in [0.2, 0.25) is 0 Å². The molecule has 0 amide bonds. The molecule has 3 heteroatoms. The van der Waals surface area contributed by atoms with Gasteiger partial charge in [0.15, 0.2) is 0 Å². The Morgan fingerprint density at radius 1 is 1.24 bits per heavy atom. The molecule has 0 fully saturated rings. The number of carboxylic acid groups (broad SMARTS) is 1. The van der Waals surface area contributed by atoms with Crippen LogP contribution in [0.15, 0.2) is 36.4 Å². The molecule has 0 heterocycles. The largest absolute Gasteiger partial charge is 0.481 e. The third kappa shape index (κ3) is 2.75. The number of hydrogen-bond acceptors (Lipinski definition) is 2. The second-order valence-corrected chi connectivity index (χ2v) is 4.15. The van der Waals surface area contributed by atoms with E-state index in [1.165, 1.54) is 0 Å². The van der Waals surface area contributed by atoms with Crippen molar-refractivity contribution in [3.8, 4) is 0 Å². The number of nitrogen functional groups attached to an aromatic ring is 1. The van der Waals surface area contributed by atoms with Crippen LogP contribution in [-0.4, -0.2) is 11.1 Å². The average molecular weight is 229 g/mol. The van der Waals surface area contributed by atoms with E-state index < -0.39 is 5.97 Å². The molecule has 0 bridgehead atoms. The molecule has 0 spiro atoms. The number of aliphatic carboxylic acids is 1. The Bertz CT molecular complexity index is 549. The highest BCUT2D eigenvalue weighted by Crippen LogP contribution is 2.23. The first-order valence-electron chi connectivity index (χ1n) is 5.66. The van der Waals surface area contributed by atoms with E-state index in [9.17, 15) is 4.79 Å². The molecule has 2 aromatic carbocycles. The molecule has 2 aromatic rings. The predicted molar refractivity (Wildman–Crippen MR) is 68.9 cm³/mol. The number of nitrogens with two attached hydrogens (primary N) is 1. The average Bonchev–Trinajstić information content (AvgIpc) is 2.28. The van der Waals surface area contributed by atoms with Crippen LogP contribution < -0.4 is 5.73 Å². The van der Waals surface area contributed by atoms with Crippen LogP contribution in [0, 0.1) is 0 Å². The van der Waals surface area contributed by atoms with Crippen molar-refractivity contribution in [1.29, 1.82) is 0 Å². The van der Waals surface area contributed by atoms with Crippen LogP contribution in [0.4, 0.5) is 5.69 Å². The van der Waals surface area contributed by atoms with E-state index in [1.54, 1.807) is 0 Å². The topological polar surface area (TPSA) is 63.3 Å². The van der Waals surface area contributed by atoms with Crippen molar-refractivity contribution in [1.82, 2.24) is 0 Å². The summed E-state index contributed by atoms with van der Waals surface area (Å²) in [6.07, 6.45) is 1.59. The zero-order valence-electron chi connectivity index (χ0n) is 9.52. The normalized spacial score (nSPS) is 10.6. The van der Waals surface area contributed by atoms with Crippen LogP contribution in [0.25, 0.3) is 10.8 Å². The third-order valence-electron chi connectivity index (χ3n) is 2.81. The molecule has 0 radical (unpaired) electrons.